The van der Waals surface area contributed by atoms with Crippen LogP contribution in [0.4, 0.5) is 0 Å². The average Bonchev–Trinajstić information content (AvgIpc) is 3.24. The second-order valence-corrected chi connectivity index (χ2v) is 9.54. The van der Waals surface area contributed by atoms with Crippen molar-refractivity contribution in [1.82, 2.24) is 25.4 Å². The zero-order valence-corrected chi connectivity index (χ0v) is 16.1. The van der Waals surface area contributed by atoms with Gasteiger partial charge >= 0.3 is 0 Å². The Labute approximate surface area is 161 Å². The van der Waals surface area contributed by atoms with Gasteiger partial charge in [0.1, 0.15) is 5.69 Å². The molecular formula is C19H23N5O2S. The number of hydrogen-bond donors (Lipinski definition) is 2. The van der Waals surface area contributed by atoms with Crippen LogP contribution in [0.1, 0.15) is 58.8 Å². The predicted molar refractivity (Wildman–Crippen MR) is 100 cm³/mol. The summed E-state index contributed by atoms with van der Waals surface area (Å²) in [7, 11) is 1.81. The minimum atomic E-state index is -0.241. The Morgan fingerprint density at radius 1 is 1.15 bits per heavy atom. The van der Waals surface area contributed by atoms with E-state index in [0.29, 0.717) is 22.5 Å². The molecule has 0 saturated heterocycles. The van der Waals surface area contributed by atoms with Crippen molar-refractivity contribution in [1.29, 1.82) is 0 Å². The van der Waals surface area contributed by atoms with Crippen LogP contribution in [0.2, 0.25) is 0 Å². The van der Waals surface area contributed by atoms with E-state index in [0.717, 1.165) is 32.1 Å². The molecule has 2 aromatic heterocycles. The zero-order chi connectivity index (χ0) is 18.6. The first-order chi connectivity index (χ1) is 12.9. The molecule has 27 heavy (non-hydrogen) atoms. The van der Waals surface area contributed by atoms with Crippen LogP contribution in [0, 0.1) is 11.8 Å². The van der Waals surface area contributed by atoms with E-state index in [1.807, 2.05) is 12.4 Å². The predicted octanol–water partition coefficient (Wildman–Crippen LogP) is 2.13. The molecule has 142 valence electrons. The van der Waals surface area contributed by atoms with E-state index in [9.17, 15) is 9.59 Å². The summed E-state index contributed by atoms with van der Waals surface area (Å²) >= 11 is 1.37. The van der Waals surface area contributed by atoms with Gasteiger partial charge < -0.3 is 10.6 Å². The largest absolute Gasteiger partial charge is 0.345 e. The van der Waals surface area contributed by atoms with Gasteiger partial charge in [-0.15, -0.1) is 11.3 Å². The normalized spacial score (nSPS) is 33.8. The lowest BCUT2D eigenvalue weighted by atomic mass is 9.50. The summed E-state index contributed by atoms with van der Waals surface area (Å²) in [4.78, 5) is 29.6. The monoisotopic (exact) mass is 385 g/mol. The smallest absolute Gasteiger partial charge is 0.280 e. The van der Waals surface area contributed by atoms with Gasteiger partial charge in [0, 0.05) is 35.9 Å². The maximum Gasteiger partial charge on any atom is 0.280 e. The van der Waals surface area contributed by atoms with Gasteiger partial charge in [-0.25, -0.2) is 4.98 Å². The molecule has 7 nitrogen and oxygen atoms in total. The van der Waals surface area contributed by atoms with Gasteiger partial charge in [0.2, 0.25) is 0 Å². The Kier molecular flexibility index (Phi) is 3.69. The molecule has 4 fully saturated rings. The van der Waals surface area contributed by atoms with Crippen molar-refractivity contribution in [2.45, 2.75) is 49.6 Å². The molecule has 2 unspecified atom stereocenters. The number of hydrogen-bond acceptors (Lipinski definition) is 5. The Balaban J connectivity index is 1.38. The number of aryl methyl sites for hydroxylation is 1. The highest BCUT2D eigenvalue weighted by Crippen LogP contribution is 2.57. The standard InChI is InChI=1S/C19H23N5O2S/c1-24-4-2-14(23-24)15(25)21-18-7-12-6-13(8-18)10-19(9-12,11-18)22-16(26)17-20-3-5-27-17/h2-5,12-13H,6-11H2,1H3,(H,21,25)(H,22,26). The number of carbonyl (C=O) groups is 2. The summed E-state index contributed by atoms with van der Waals surface area (Å²) in [5, 5.41) is 13.2. The van der Waals surface area contributed by atoms with Crippen LogP contribution < -0.4 is 10.6 Å². The minimum Gasteiger partial charge on any atom is -0.345 e. The quantitative estimate of drug-likeness (QED) is 0.844. The molecular weight excluding hydrogens is 362 g/mol. The van der Waals surface area contributed by atoms with E-state index in [1.165, 1.54) is 17.8 Å². The molecule has 2 aromatic rings. The molecule has 4 aliphatic rings. The summed E-state index contributed by atoms with van der Waals surface area (Å²) < 4.78 is 1.64. The number of carbonyl (C=O) groups excluding carboxylic acids is 2. The maximum atomic E-state index is 12.8. The van der Waals surface area contributed by atoms with Crippen molar-refractivity contribution >= 4 is 23.2 Å². The van der Waals surface area contributed by atoms with E-state index in [-0.39, 0.29) is 22.9 Å². The lowest BCUT2D eigenvalue weighted by Crippen LogP contribution is -2.69. The van der Waals surface area contributed by atoms with E-state index in [2.05, 4.69) is 20.7 Å². The third-order valence-electron chi connectivity index (χ3n) is 6.39. The Hall–Kier alpha value is -2.22. The summed E-state index contributed by atoms with van der Waals surface area (Å²) in [6.07, 6.45) is 9.44. The van der Waals surface area contributed by atoms with Crippen molar-refractivity contribution < 1.29 is 9.59 Å². The van der Waals surface area contributed by atoms with Crippen LogP contribution >= 0.6 is 11.3 Å². The first-order valence-corrected chi connectivity index (χ1v) is 10.4. The van der Waals surface area contributed by atoms with Crippen LogP contribution in [0.25, 0.3) is 0 Å². The molecule has 0 aromatic carbocycles. The molecule has 4 aliphatic carbocycles. The Morgan fingerprint density at radius 3 is 2.37 bits per heavy atom. The third kappa shape index (κ3) is 2.96. The Bertz CT molecular complexity index is 876. The third-order valence-corrected chi connectivity index (χ3v) is 7.16. The van der Waals surface area contributed by atoms with Crippen LogP contribution in [0.3, 0.4) is 0 Å². The fourth-order valence-corrected chi connectivity index (χ4v) is 6.56. The van der Waals surface area contributed by atoms with Crippen LogP contribution in [-0.2, 0) is 7.05 Å². The summed E-state index contributed by atoms with van der Waals surface area (Å²) in [5.41, 5.74) is -0.0202. The highest BCUT2D eigenvalue weighted by Gasteiger charge is 2.59. The second kappa shape index (κ2) is 5.89. The molecule has 6 rings (SSSR count). The lowest BCUT2D eigenvalue weighted by molar-refractivity contribution is -0.0448. The van der Waals surface area contributed by atoms with Crippen molar-refractivity contribution in [2.24, 2.45) is 18.9 Å². The molecule has 2 N–H and O–H groups in total. The number of nitrogens with one attached hydrogen (secondary N) is 2. The van der Waals surface area contributed by atoms with Gasteiger partial charge in [0.05, 0.1) is 0 Å². The first-order valence-electron chi connectivity index (χ1n) is 9.49. The summed E-state index contributed by atoms with van der Waals surface area (Å²) in [6.45, 7) is 0. The maximum absolute atomic E-state index is 12.8. The van der Waals surface area contributed by atoms with Crippen molar-refractivity contribution in [2.75, 3.05) is 0 Å². The molecule has 4 bridgehead atoms. The minimum absolute atomic E-state index is 0.0850. The molecule has 0 radical (unpaired) electrons. The van der Waals surface area contributed by atoms with Crippen molar-refractivity contribution in [3.8, 4) is 0 Å². The van der Waals surface area contributed by atoms with Crippen LogP contribution in [0.15, 0.2) is 23.8 Å². The van der Waals surface area contributed by atoms with Crippen molar-refractivity contribution in [3.63, 3.8) is 0 Å². The molecule has 0 aliphatic heterocycles. The summed E-state index contributed by atoms with van der Waals surface area (Å²) in [6, 6.07) is 1.75. The van der Waals surface area contributed by atoms with Crippen LogP contribution in [-0.4, -0.2) is 37.7 Å². The Morgan fingerprint density at radius 2 is 1.81 bits per heavy atom. The second-order valence-electron chi connectivity index (χ2n) is 8.64. The summed E-state index contributed by atoms with van der Waals surface area (Å²) in [5.74, 6) is 0.899. The van der Waals surface area contributed by atoms with E-state index < -0.39 is 0 Å². The van der Waals surface area contributed by atoms with E-state index >= 15 is 0 Å². The van der Waals surface area contributed by atoms with Gasteiger partial charge in [-0.05, 0) is 56.4 Å². The van der Waals surface area contributed by atoms with Gasteiger partial charge in [0.15, 0.2) is 5.01 Å². The molecule has 4 saturated carbocycles. The highest BCUT2D eigenvalue weighted by atomic mass is 32.1. The highest BCUT2D eigenvalue weighted by molar-refractivity contribution is 7.11. The zero-order valence-electron chi connectivity index (χ0n) is 15.3. The topological polar surface area (TPSA) is 88.9 Å². The van der Waals surface area contributed by atoms with E-state index in [4.69, 9.17) is 0 Å². The SMILES string of the molecule is Cn1ccc(C(=O)NC23CC4CC(C2)CC(NC(=O)c2nccs2)(C4)C3)n1. The molecule has 2 heterocycles. The first kappa shape index (κ1) is 16.9. The molecule has 2 atom stereocenters. The average molecular weight is 385 g/mol. The van der Waals surface area contributed by atoms with Crippen molar-refractivity contribution in [3.05, 3.63) is 34.5 Å². The van der Waals surface area contributed by atoms with E-state index in [1.54, 1.807) is 23.1 Å². The fourth-order valence-electron chi connectivity index (χ4n) is 6.03. The van der Waals surface area contributed by atoms with Gasteiger partial charge in [-0.1, -0.05) is 0 Å². The number of nitrogens with zero attached hydrogens (tertiary/aromatic N) is 3. The molecule has 0 spiro atoms. The van der Waals surface area contributed by atoms with Gasteiger partial charge in [-0.3, -0.25) is 14.3 Å². The number of rotatable bonds is 4. The fraction of sp³-hybridized carbons (Fsp3) is 0.579. The number of thiazole rings is 1. The number of amides is 2. The van der Waals surface area contributed by atoms with Gasteiger partial charge in [0.25, 0.3) is 11.8 Å². The van der Waals surface area contributed by atoms with Crippen LogP contribution in [0.5, 0.6) is 0 Å². The lowest BCUT2D eigenvalue weighted by Gasteiger charge is -2.62. The molecule has 8 heteroatoms. The van der Waals surface area contributed by atoms with Gasteiger partial charge in [-0.2, -0.15) is 5.10 Å². The molecule has 2 amide bonds. The number of aromatic nitrogens is 3.